The third-order valence-electron chi connectivity index (χ3n) is 2.42. The fraction of sp³-hybridized carbons (Fsp3) is 0.500. The fourth-order valence-corrected chi connectivity index (χ4v) is 2.00. The van der Waals surface area contributed by atoms with E-state index in [1.54, 1.807) is 6.07 Å². The summed E-state index contributed by atoms with van der Waals surface area (Å²) >= 11 is 3.32. The third kappa shape index (κ3) is 5.27. The summed E-state index contributed by atoms with van der Waals surface area (Å²) in [5.41, 5.74) is 0.820. The smallest absolute Gasteiger partial charge is 0.390 e. The van der Waals surface area contributed by atoms with Gasteiger partial charge in [0.15, 0.2) is 0 Å². The van der Waals surface area contributed by atoms with Crippen molar-refractivity contribution in [2.24, 2.45) is 0 Å². The number of methoxy groups -OCH3 is 1. The van der Waals surface area contributed by atoms with E-state index in [4.69, 9.17) is 4.74 Å². The molecule has 0 saturated carbocycles. The van der Waals surface area contributed by atoms with Gasteiger partial charge in [-0.3, -0.25) is 0 Å². The number of rotatable bonds is 5. The molecule has 0 aliphatic rings. The molecule has 1 unspecified atom stereocenters. The van der Waals surface area contributed by atoms with Crippen LogP contribution in [0.3, 0.4) is 0 Å². The first kappa shape index (κ1) is 15.3. The van der Waals surface area contributed by atoms with Gasteiger partial charge in [-0.2, -0.15) is 13.2 Å². The van der Waals surface area contributed by atoms with Gasteiger partial charge in [-0.25, -0.2) is 0 Å². The number of halogens is 4. The van der Waals surface area contributed by atoms with E-state index in [1.165, 1.54) is 14.0 Å². The van der Waals surface area contributed by atoms with Crippen molar-refractivity contribution in [1.82, 2.24) is 5.32 Å². The second kappa shape index (κ2) is 6.43. The number of alkyl halides is 3. The molecule has 0 bridgehead atoms. The van der Waals surface area contributed by atoms with Crippen LogP contribution in [-0.2, 0) is 6.54 Å². The lowest BCUT2D eigenvalue weighted by Gasteiger charge is -2.17. The maximum Gasteiger partial charge on any atom is 0.390 e. The van der Waals surface area contributed by atoms with Crippen molar-refractivity contribution >= 4 is 15.9 Å². The Bertz CT molecular complexity index is 395. The summed E-state index contributed by atoms with van der Waals surface area (Å²) in [6.07, 6.45) is -4.99. The molecule has 1 N–H and O–H groups in total. The second-order valence-corrected chi connectivity index (χ2v) is 4.97. The topological polar surface area (TPSA) is 21.3 Å². The Hall–Kier alpha value is -0.750. The molecule has 1 aromatic carbocycles. The first-order valence-electron chi connectivity index (χ1n) is 5.44. The molecule has 18 heavy (non-hydrogen) atoms. The minimum atomic E-state index is -4.15. The summed E-state index contributed by atoms with van der Waals surface area (Å²) in [5.74, 6) is 0.657. The predicted octanol–water partition coefficient (Wildman–Crippen LogP) is 3.89. The maximum absolute atomic E-state index is 12.2. The number of benzene rings is 1. The highest BCUT2D eigenvalue weighted by molar-refractivity contribution is 9.10. The number of ether oxygens (including phenoxy) is 1. The molecule has 1 atom stereocenters. The van der Waals surface area contributed by atoms with Crippen LogP contribution < -0.4 is 10.1 Å². The molecule has 0 fully saturated rings. The lowest BCUT2D eigenvalue weighted by Crippen LogP contribution is -2.30. The van der Waals surface area contributed by atoms with E-state index < -0.39 is 18.6 Å². The molecule has 0 aliphatic carbocycles. The minimum Gasteiger partial charge on any atom is -0.496 e. The molecule has 102 valence electrons. The Morgan fingerprint density at radius 3 is 2.61 bits per heavy atom. The van der Waals surface area contributed by atoms with Crippen LogP contribution in [0.5, 0.6) is 5.75 Å². The lowest BCUT2D eigenvalue weighted by atomic mass is 10.1. The molecule has 0 amide bonds. The monoisotopic (exact) mass is 325 g/mol. The average Bonchev–Trinajstić information content (AvgIpc) is 2.24. The largest absolute Gasteiger partial charge is 0.496 e. The summed E-state index contributed by atoms with van der Waals surface area (Å²) in [7, 11) is 1.53. The van der Waals surface area contributed by atoms with Gasteiger partial charge < -0.3 is 10.1 Å². The van der Waals surface area contributed by atoms with Crippen molar-refractivity contribution in [2.45, 2.75) is 32.1 Å². The van der Waals surface area contributed by atoms with Crippen LogP contribution in [0.4, 0.5) is 13.2 Å². The van der Waals surface area contributed by atoms with Crippen LogP contribution >= 0.6 is 15.9 Å². The highest BCUT2D eigenvalue weighted by atomic mass is 79.9. The van der Waals surface area contributed by atoms with Crippen LogP contribution in [0.1, 0.15) is 18.9 Å². The number of nitrogens with one attached hydrogen (secondary N) is 1. The van der Waals surface area contributed by atoms with Crippen LogP contribution in [-0.4, -0.2) is 19.3 Å². The SMILES string of the molecule is COc1ccc(Br)cc1CNC(C)CC(F)(F)F. The van der Waals surface area contributed by atoms with E-state index in [-0.39, 0.29) is 0 Å². The molecule has 0 radical (unpaired) electrons. The first-order valence-corrected chi connectivity index (χ1v) is 6.23. The normalized spacial score (nSPS) is 13.4. The average molecular weight is 326 g/mol. The van der Waals surface area contributed by atoms with Crippen LogP contribution in [0.15, 0.2) is 22.7 Å². The van der Waals surface area contributed by atoms with Gasteiger partial charge in [0.25, 0.3) is 0 Å². The summed E-state index contributed by atoms with van der Waals surface area (Å²) in [5, 5.41) is 2.84. The standard InChI is InChI=1S/C12H15BrF3NO/c1-8(6-12(14,15)16)17-7-9-5-10(13)3-4-11(9)18-2/h3-5,8,17H,6-7H2,1-2H3. The maximum atomic E-state index is 12.2. The van der Waals surface area contributed by atoms with Crippen molar-refractivity contribution in [3.05, 3.63) is 28.2 Å². The molecule has 0 heterocycles. The Balaban J connectivity index is 2.60. The molecule has 2 nitrogen and oxygen atoms in total. The molecule has 1 rings (SSSR count). The van der Waals surface area contributed by atoms with Crippen LogP contribution in [0, 0.1) is 0 Å². The summed E-state index contributed by atoms with van der Waals surface area (Å²) in [4.78, 5) is 0. The zero-order valence-electron chi connectivity index (χ0n) is 10.1. The van der Waals surface area contributed by atoms with Gasteiger partial charge in [-0.05, 0) is 25.1 Å². The van der Waals surface area contributed by atoms with E-state index in [0.29, 0.717) is 12.3 Å². The zero-order chi connectivity index (χ0) is 13.8. The Morgan fingerprint density at radius 2 is 2.06 bits per heavy atom. The summed E-state index contributed by atoms with van der Waals surface area (Å²) in [6.45, 7) is 1.85. The Labute approximate surface area is 113 Å². The fourth-order valence-electron chi connectivity index (χ4n) is 1.59. The Kier molecular flexibility index (Phi) is 5.47. The van der Waals surface area contributed by atoms with Gasteiger partial charge in [-0.15, -0.1) is 0 Å². The van der Waals surface area contributed by atoms with Gasteiger partial charge in [0.05, 0.1) is 13.5 Å². The van der Waals surface area contributed by atoms with Gasteiger partial charge in [0.1, 0.15) is 5.75 Å². The summed E-state index contributed by atoms with van der Waals surface area (Å²) < 4.78 is 42.5. The predicted molar refractivity (Wildman–Crippen MR) is 67.7 cm³/mol. The molecule has 0 spiro atoms. The van der Waals surface area contributed by atoms with Crippen molar-refractivity contribution in [1.29, 1.82) is 0 Å². The van der Waals surface area contributed by atoms with Crippen LogP contribution in [0.25, 0.3) is 0 Å². The summed E-state index contributed by atoms with van der Waals surface area (Å²) in [6, 6.07) is 4.79. The lowest BCUT2D eigenvalue weighted by molar-refractivity contribution is -0.139. The van der Waals surface area contributed by atoms with Crippen LogP contribution in [0.2, 0.25) is 0 Å². The Morgan fingerprint density at radius 1 is 1.39 bits per heavy atom. The molecule has 0 saturated heterocycles. The molecule has 0 aliphatic heterocycles. The quantitative estimate of drug-likeness (QED) is 0.886. The highest BCUT2D eigenvalue weighted by Gasteiger charge is 2.29. The third-order valence-corrected chi connectivity index (χ3v) is 2.91. The second-order valence-electron chi connectivity index (χ2n) is 4.06. The van der Waals surface area contributed by atoms with E-state index >= 15 is 0 Å². The van der Waals surface area contributed by atoms with Crippen molar-refractivity contribution in [3.8, 4) is 5.75 Å². The van der Waals surface area contributed by atoms with E-state index in [2.05, 4.69) is 21.2 Å². The minimum absolute atomic E-state index is 0.333. The van der Waals surface area contributed by atoms with Gasteiger partial charge >= 0.3 is 6.18 Å². The van der Waals surface area contributed by atoms with E-state index in [9.17, 15) is 13.2 Å². The van der Waals surface area contributed by atoms with E-state index in [0.717, 1.165) is 10.0 Å². The van der Waals surface area contributed by atoms with Gasteiger partial charge in [0, 0.05) is 22.6 Å². The van der Waals surface area contributed by atoms with Crippen molar-refractivity contribution in [2.75, 3.05) is 7.11 Å². The highest BCUT2D eigenvalue weighted by Crippen LogP contribution is 2.24. The first-order chi connectivity index (χ1) is 8.31. The molecular weight excluding hydrogens is 311 g/mol. The van der Waals surface area contributed by atoms with E-state index in [1.807, 2.05) is 12.1 Å². The zero-order valence-corrected chi connectivity index (χ0v) is 11.7. The van der Waals surface area contributed by atoms with Crippen molar-refractivity contribution < 1.29 is 17.9 Å². The molecule has 1 aromatic rings. The number of hydrogen-bond acceptors (Lipinski definition) is 2. The van der Waals surface area contributed by atoms with Crippen molar-refractivity contribution in [3.63, 3.8) is 0 Å². The molecular formula is C12H15BrF3NO. The van der Waals surface area contributed by atoms with Gasteiger partial charge in [0.2, 0.25) is 0 Å². The van der Waals surface area contributed by atoms with Gasteiger partial charge in [-0.1, -0.05) is 15.9 Å². The number of hydrogen-bond donors (Lipinski definition) is 1. The molecule has 6 heteroatoms. The molecule has 0 aromatic heterocycles.